The van der Waals surface area contributed by atoms with E-state index in [4.69, 9.17) is 11.6 Å². The molecule has 84 valence electrons. The van der Waals surface area contributed by atoms with Crippen molar-refractivity contribution >= 4 is 27.3 Å². The Labute approximate surface area is 91.1 Å². The summed E-state index contributed by atoms with van der Waals surface area (Å²) < 4.78 is 49.8. The zero-order valence-corrected chi connectivity index (χ0v) is 9.29. The Hall–Kier alpha value is -0.880. The van der Waals surface area contributed by atoms with Gasteiger partial charge in [0.25, 0.3) is 0 Å². The van der Waals surface area contributed by atoms with E-state index in [0.717, 1.165) is 18.4 Å². The number of hydrogen-bond donors (Lipinski definition) is 1. The molecule has 1 N–H and O–H groups in total. The molecule has 0 saturated heterocycles. The summed E-state index contributed by atoms with van der Waals surface area (Å²) in [7, 11) is -3.63. The average Bonchev–Trinajstić information content (AvgIpc) is 2.08. The van der Waals surface area contributed by atoms with E-state index in [0.29, 0.717) is 0 Å². The molecule has 0 atom stereocenters. The maximum Gasteiger partial charge on any atom is 0.229 e. The molecule has 3 nitrogen and oxygen atoms in total. The molecule has 0 radical (unpaired) electrons. The lowest BCUT2D eigenvalue weighted by Gasteiger charge is -2.07. The van der Waals surface area contributed by atoms with Gasteiger partial charge in [-0.2, -0.15) is 0 Å². The average molecular weight is 256 g/mol. The zero-order chi connectivity index (χ0) is 11.6. The third-order valence-corrected chi connectivity index (χ3v) is 2.45. The summed E-state index contributed by atoms with van der Waals surface area (Å²) in [4.78, 5) is 0. The minimum atomic E-state index is -3.63. The van der Waals surface area contributed by atoms with Crippen molar-refractivity contribution in [1.82, 2.24) is 0 Å². The second-order valence-corrected chi connectivity index (χ2v) is 4.95. The van der Waals surface area contributed by atoms with Crippen LogP contribution in [0.5, 0.6) is 0 Å². The third-order valence-electron chi connectivity index (χ3n) is 1.58. The van der Waals surface area contributed by atoms with Gasteiger partial charge in [-0.05, 0) is 6.07 Å². The van der Waals surface area contributed by atoms with Gasteiger partial charge in [-0.1, -0.05) is 0 Å². The van der Waals surface area contributed by atoms with Crippen molar-refractivity contribution in [2.24, 2.45) is 0 Å². The molecule has 1 rings (SSSR count). The van der Waals surface area contributed by atoms with E-state index in [1.165, 1.54) is 0 Å². The lowest BCUT2D eigenvalue weighted by Crippen LogP contribution is -2.11. The van der Waals surface area contributed by atoms with Crippen LogP contribution >= 0.6 is 11.6 Å². The molecule has 0 aliphatic carbocycles. The van der Waals surface area contributed by atoms with Crippen LogP contribution in [-0.4, -0.2) is 14.7 Å². The van der Waals surface area contributed by atoms with Crippen LogP contribution in [0.4, 0.5) is 14.5 Å². The van der Waals surface area contributed by atoms with E-state index in [9.17, 15) is 17.2 Å². The van der Waals surface area contributed by atoms with Gasteiger partial charge in [-0.25, -0.2) is 17.2 Å². The second-order valence-electron chi connectivity index (χ2n) is 2.93. The molecule has 0 saturated carbocycles. The summed E-state index contributed by atoms with van der Waals surface area (Å²) in [6.45, 7) is 0. The van der Waals surface area contributed by atoms with Crippen molar-refractivity contribution in [3.63, 3.8) is 0 Å². The maximum atomic E-state index is 13.2. The minimum absolute atomic E-state index is 0.0202. The number of anilines is 1. The van der Waals surface area contributed by atoms with Crippen LogP contribution in [-0.2, 0) is 15.9 Å². The molecular weight excluding hydrogens is 248 g/mol. The van der Waals surface area contributed by atoms with Crippen molar-refractivity contribution in [2.45, 2.75) is 5.88 Å². The van der Waals surface area contributed by atoms with Crippen LogP contribution < -0.4 is 4.72 Å². The molecule has 0 bridgehead atoms. The molecule has 0 aliphatic rings. The largest absolute Gasteiger partial charge is 0.281 e. The first-order valence-electron chi connectivity index (χ1n) is 3.85. The summed E-state index contributed by atoms with van der Waals surface area (Å²) in [5.74, 6) is -1.79. The van der Waals surface area contributed by atoms with Crippen LogP contribution in [0.3, 0.4) is 0 Å². The first kappa shape index (κ1) is 12.2. The van der Waals surface area contributed by atoms with E-state index < -0.39 is 27.3 Å². The molecular formula is C8H8ClF2NO2S. The van der Waals surface area contributed by atoms with Crippen molar-refractivity contribution in [3.05, 3.63) is 29.3 Å². The minimum Gasteiger partial charge on any atom is -0.281 e. The maximum absolute atomic E-state index is 13.2. The van der Waals surface area contributed by atoms with E-state index in [2.05, 4.69) is 0 Å². The summed E-state index contributed by atoms with van der Waals surface area (Å²) in [5.41, 5.74) is -0.447. The predicted molar refractivity (Wildman–Crippen MR) is 54.4 cm³/mol. The monoisotopic (exact) mass is 255 g/mol. The molecule has 0 spiro atoms. The lowest BCUT2D eigenvalue weighted by molar-refractivity contribution is 0.591. The lowest BCUT2D eigenvalue weighted by atomic mass is 10.2. The van der Waals surface area contributed by atoms with Gasteiger partial charge < -0.3 is 0 Å². The number of rotatable bonds is 3. The molecule has 0 aromatic heterocycles. The predicted octanol–water partition coefficient (Wildman–Crippen LogP) is 2.08. The summed E-state index contributed by atoms with van der Waals surface area (Å²) in [6, 6.07) is 1.62. The van der Waals surface area contributed by atoms with Crippen LogP contribution in [0, 0.1) is 11.6 Å². The first-order valence-corrected chi connectivity index (χ1v) is 6.28. The van der Waals surface area contributed by atoms with Gasteiger partial charge in [0.2, 0.25) is 10.0 Å². The normalized spacial score (nSPS) is 11.5. The SMILES string of the molecule is CS(=O)(=O)Nc1cc(F)c(CCl)cc1F. The van der Waals surface area contributed by atoms with E-state index in [-0.39, 0.29) is 11.4 Å². The fourth-order valence-corrected chi connectivity index (χ4v) is 1.73. The van der Waals surface area contributed by atoms with Gasteiger partial charge in [0.1, 0.15) is 11.6 Å². The smallest absolute Gasteiger partial charge is 0.229 e. The Bertz CT molecular complexity index is 476. The van der Waals surface area contributed by atoms with Crippen molar-refractivity contribution in [3.8, 4) is 0 Å². The Kier molecular flexibility index (Phi) is 3.51. The highest BCUT2D eigenvalue weighted by Gasteiger charge is 2.12. The molecule has 0 aliphatic heterocycles. The standard InChI is InChI=1S/C8H8ClF2NO2S/c1-15(13,14)12-8-3-6(10)5(4-9)2-7(8)11/h2-3,12H,4H2,1H3. The topological polar surface area (TPSA) is 46.2 Å². The molecule has 0 fully saturated rings. The third kappa shape index (κ3) is 3.32. The van der Waals surface area contributed by atoms with Gasteiger partial charge in [-0.15, -0.1) is 11.6 Å². The molecule has 15 heavy (non-hydrogen) atoms. The number of sulfonamides is 1. The zero-order valence-electron chi connectivity index (χ0n) is 7.72. The number of alkyl halides is 1. The highest BCUT2D eigenvalue weighted by Crippen LogP contribution is 2.21. The fourth-order valence-electron chi connectivity index (χ4n) is 0.968. The highest BCUT2D eigenvalue weighted by atomic mass is 35.5. The van der Waals surface area contributed by atoms with Crippen molar-refractivity contribution in [2.75, 3.05) is 11.0 Å². The van der Waals surface area contributed by atoms with Crippen LogP contribution in [0.25, 0.3) is 0 Å². The van der Waals surface area contributed by atoms with Crippen LogP contribution in [0.15, 0.2) is 12.1 Å². The number of benzene rings is 1. The summed E-state index contributed by atoms with van der Waals surface area (Å²) in [5, 5.41) is 0. The van der Waals surface area contributed by atoms with Gasteiger partial charge in [0.15, 0.2) is 0 Å². The quantitative estimate of drug-likeness (QED) is 0.841. The van der Waals surface area contributed by atoms with Gasteiger partial charge in [-0.3, -0.25) is 4.72 Å². The molecule has 0 amide bonds. The Balaban J connectivity index is 3.17. The van der Waals surface area contributed by atoms with Gasteiger partial charge >= 0.3 is 0 Å². The van der Waals surface area contributed by atoms with E-state index >= 15 is 0 Å². The van der Waals surface area contributed by atoms with Crippen LogP contribution in [0.1, 0.15) is 5.56 Å². The first-order chi connectivity index (χ1) is 6.83. The van der Waals surface area contributed by atoms with Crippen molar-refractivity contribution < 1.29 is 17.2 Å². The summed E-state index contributed by atoms with van der Waals surface area (Å²) >= 11 is 5.34. The fraction of sp³-hybridized carbons (Fsp3) is 0.250. The Morgan fingerprint density at radius 2 is 1.93 bits per heavy atom. The van der Waals surface area contributed by atoms with Crippen LogP contribution in [0.2, 0.25) is 0 Å². The number of halogens is 3. The highest BCUT2D eigenvalue weighted by molar-refractivity contribution is 7.92. The second kappa shape index (κ2) is 4.32. The van der Waals surface area contributed by atoms with E-state index in [1.807, 2.05) is 4.72 Å². The van der Waals surface area contributed by atoms with Gasteiger partial charge in [0.05, 0.1) is 17.8 Å². The number of hydrogen-bond acceptors (Lipinski definition) is 2. The molecule has 0 unspecified atom stereocenters. The van der Waals surface area contributed by atoms with Gasteiger partial charge in [0, 0.05) is 11.6 Å². The molecule has 1 aromatic rings. The van der Waals surface area contributed by atoms with E-state index in [1.54, 1.807) is 0 Å². The van der Waals surface area contributed by atoms with Crippen molar-refractivity contribution in [1.29, 1.82) is 0 Å². The Morgan fingerprint density at radius 3 is 2.40 bits per heavy atom. The Morgan fingerprint density at radius 1 is 1.33 bits per heavy atom. The number of nitrogens with one attached hydrogen (secondary N) is 1. The molecule has 0 heterocycles. The summed E-state index contributed by atoms with van der Waals surface area (Å²) in [6.07, 6.45) is 0.847. The molecule has 7 heteroatoms. The molecule has 1 aromatic carbocycles.